The number of halogens is 1. The number of nitrogens with one attached hydrogen (secondary N) is 1. The maximum atomic E-state index is 13.0. The predicted octanol–water partition coefficient (Wildman–Crippen LogP) is 4.06. The second-order valence-corrected chi connectivity index (χ2v) is 7.23. The van der Waals surface area contributed by atoms with E-state index in [0.717, 1.165) is 43.0 Å². The van der Waals surface area contributed by atoms with E-state index in [4.69, 9.17) is 4.74 Å². The van der Waals surface area contributed by atoms with Crippen LogP contribution in [-0.4, -0.2) is 43.7 Å². The van der Waals surface area contributed by atoms with Crippen LogP contribution in [0.4, 0.5) is 10.1 Å². The van der Waals surface area contributed by atoms with Crippen LogP contribution in [0.3, 0.4) is 0 Å². The first-order valence-corrected chi connectivity index (χ1v) is 10.2. The SMILES string of the molecule is C/C=C(\C=C(/C)F)CNC(=O)Cc1ccc(-c2ccc(N3CCOCC3)cc2)cn1. The van der Waals surface area contributed by atoms with Crippen molar-refractivity contribution < 1.29 is 13.9 Å². The summed E-state index contributed by atoms with van der Waals surface area (Å²) in [7, 11) is 0. The minimum atomic E-state index is -0.285. The molecule has 0 aliphatic carbocycles. The van der Waals surface area contributed by atoms with Crippen molar-refractivity contribution in [2.24, 2.45) is 0 Å². The van der Waals surface area contributed by atoms with Gasteiger partial charge in [-0.1, -0.05) is 24.3 Å². The molecule has 1 amide bonds. The maximum Gasteiger partial charge on any atom is 0.226 e. The fourth-order valence-electron chi connectivity index (χ4n) is 3.31. The van der Waals surface area contributed by atoms with Crippen LogP contribution >= 0.6 is 0 Å². The number of morpholine rings is 1. The van der Waals surface area contributed by atoms with Gasteiger partial charge in [-0.25, -0.2) is 4.39 Å². The quantitative estimate of drug-likeness (QED) is 0.701. The number of rotatable bonds is 7. The lowest BCUT2D eigenvalue weighted by molar-refractivity contribution is -0.120. The molecule has 1 aliphatic heterocycles. The summed E-state index contributed by atoms with van der Waals surface area (Å²) in [6.07, 6.45) is 5.17. The largest absolute Gasteiger partial charge is 0.378 e. The molecule has 0 saturated carbocycles. The summed E-state index contributed by atoms with van der Waals surface area (Å²) in [4.78, 5) is 18.9. The summed E-state index contributed by atoms with van der Waals surface area (Å²) in [5, 5.41) is 2.80. The van der Waals surface area contributed by atoms with Gasteiger partial charge in [-0.15, -0.1) is 0 Å². The molecule has 6 heteroatoms. The normalized spacial score (nSPS) is 15.2. The lowest BCUT2D eigenvalue weighted by Gasteiger charge is -2.28. The summed E-state index contributed by atoms with van der Waals surface area (Å²) < 4.78 is 18.4. The van der Waals surface area contributed by atoms with Crippen LogP contribution in [0.1, 0.15) is 19.5 Å². The molecule has 1 fully saturated rings. The molecule has 5 nitrogen and oxygen atoms in total. The Bertz CT molecular complexity index is 895. The Balaban J connectivity index is 1.55. The van der Waals surface area contributed by atoms with E-state index in [0.29, 0.717) is 12.2 Å². The molecule has 158 valence electrons. The third-order valence-corrected chi connectivity index (χ3v) is 4.99. The van der Waals surface area contributed by atoms with Crippen LogP contribution in [-0.2, 0) is 16.0 Å². The highest BCUT2D eigenvalue weighted by atomic mass is 19.1. The number of amides is 1. The molecule has 0 spiro atoms. The van der Waals surface area contributed by atoms with Gasteiger partial charge in [0.05, 0.1) is 25.5 Å². The standard InChI is InChI=1S/C24H28FN3O2/c1-3-19(14-18(2)25)16-27-24(29)15-22-7-4-21(17-26-22)20-5-8-23(9-6-20)28-10-12-30-13-11-28/h3-9,14,17H,10-13,15-16H2,1-2H3,(H,27,29)/b18-14+,19-3+. The molecule has 30 heavy (non-hydrogen) atoms. The van der Waals surface area contributed by atoms with Crippen molar-refractivity contribution in [1.82, 2.24) is 10.3 Å². The van der Waals surface area contributed by atoms with Crippen molar-refractivity contribution in [2.45, 2.75) is 20.3 Å². The van der Waals surface area contributed by atoms with E-state index in [2.05, 4.69) is 39.5 Å². The number of pyridine rings is 1. The molecule has 3 rings (SSSR count). The minimum Gasteiger partial charge on any atom is -0.378 e. The number of aromatic nitrogens is 1. The van der Waals surface area contributed by atoms with Gasteiger partial charge in [-0.3, -0.25) is 9.78 Å². The van der Waals surface area contributed by atoms with Gasteiger partial charge in [0, 0.05) is 42.8 Å². The molecule has 1 aromatic carbocycles. The van der Waals surface area contributed by atoms with E-state index < -0.39 is 0 Å². The van der Waals surface area contributed by atoms with Crippen molar-refractivity contribution in [1.29, 1.82) is 0 Å². The Morgan fingerprint density at radius 1 is 1.17 bits per heavy atom. The number of ether oxygens (including phenoxy) is 1. The Morgan fingerprint density at radius 2 is 1.87 bits per heavy atom. The van der Waals surface area contributed by atoms with Crippen molar-refractivity contribution in [3.8, 4) is 11.1 Å². The lowest BCUT2D eigenvalue weighted by Crippen LogP contribution is -2.36. The number of hydrogen-bond donors (Lipinski definition) is 1. The van der Waals surface area contributed by atoms with Gasteiger partial charge in [-0.05, 0) is 49.3 Å². The number of anilines is 1. The zero-order valence-corrected chi connectivity index (χ0v) is 17.5. The smallest absolute Gasteiger partial charge is 0.226 e. The van der Waals surface area contributed by atoms with Crippen molar-refractivity contribution in [3.63, 3.8) is 0 Å². The van der Waals surface area contributed by atoms with Gasteiger partial charge in [0.15, 0.2) is 0 Å². The second-order valence-electron chi connectivity index (χ2n) is 7.23. The first kappa shape index (κ1) is 21.7. The van der Waals surface area contributed by atoms with E-state index in [-0.39, 0.29) is 18.2 Å². The minimum absolute atomic E-state index is 0.144. The molecular weight excluding hydrogens is 381 g/mol. The number of nitrogens with zero attached hydrogens (tertiary/aromatic N) is 2. The Hall–Kier alpha value is -2.99. The zero-order chi connectivity index (χ0) is 21.3. The Morgan fingerprint density at radius 3 is 2.47 bits per heavy atom. The molecule has 0 atom stereocenters. The molecule has 0 bridgehead atoms. The summed E-state index contributed by atoms with van der Waals surface area (Å²) in [5.41, 5.74) is 4.71. The van der Waals surface area contributed by atoms with Crippen LogP contribution < -0.4 is 10.2 Å². The van der Waals surface area contributed by atoms with E-state index in [1.807, 2.05) is 19.1 Å². The van der Waals surface area contributed by atoms with Gasteiger partial charge in [0.2, 0.25) is 5.91 Å². The van der Waals surface area contributed by atoms with E-state index in [1.165, 1.54) is 18.7 Å². The predicted molar refractivity (Wildman–Crippen MR) is 118 cm³/mol. The summed E-state index contributed by atoms with van der Waals surface area (Å²) in [6.45, 7) is 6.85. The topological polar surface area (TPSA) is 54.5 Å². The fourth-order valence-corrected chi connectivity index (χ4v) is 3.31. The highest BCUT2D eigenvalue weighted by Gasteiger charge is 2.11. The number of allylic oxidation sites excluding steroid dienone is 2. The molecule has 2 heterocycles. The summed E-state index contributed by atoms with van der Waals surface area (Å²) in [6, 6.07) is 12.3. The maximum absolute atomic E-state index is 13.0. The van der Waals surface area contributed by atoms with Crippen LogP contribution in [0.25, 0.3) is 11.1 Å². The molecular formula is C24H28FN3O2. The number of benzene rings is 1. The molecule has 2 aromatic rings. The summed E-state index contributed by atoms with van der Waals surface area (Å²) in [5.74, 6) is -0.429. The van der Waals surface area contributed by atoms with Gasteiger partial charge in [0.1, 0.15) is 0 Å². The van der Waals surface area contributed by atoms with Crippen LogP contribution in [0.2, 0.25) is 0 Å². The van der Waals surface area contributed by atoms with E-state index >= 15 is 0 Å². The monoisotopic (exact) mass is 409 g/mol. The first-order chi connectivity index (χ1) is 14.5. The van der Waals surface area contributed by atoms with Crippen LogP contribution in [0.15, 0.2) is 66.1 Å². The van der Waals surface area contributed by atoms with E-state index in [1.54, 1.807) is 12.3 Å². The molecule has 1 saturated heterocycles. The van der Waals surface area contributed by atoms with Gasteiger partial charge >= 0.3 is 0 Å². The summed E-state index contributed by atoms with van der Waals surface area (Å²) >= 11 is 0. The molecule has 0 radical (unpaired) electrons. The first-order valence-electron chi connectivity index (χ1n) is 10.2. The average molecular weight is 410 g/mol. The molecule has 1 N–H and O–H groups in total. The highest BCUT2D eigenvalue weighted by Crippen LogP contribution is 2.23. The lowest BCUT2D eigenvalue weighted by atomic mass is 10.1. The van der Waals surface area contributed by atoms with E-state index in [9.17, 15) is 9.18 Å². The van der Waals surface area contributed by atoms with Gasteiger partial charge in [0.25, 0.3) is 0 Å². The van der Waals surface area contributed by atoms with Crippen LogP contribution in [0, 0.1) is 0 Å². The number of carbonyl (C=O) groups excluding carboxylic acids is 1. The third-order valence-electron chi connectivity index (χ3n) is 4.99. The zero-order valence-electron chi connectivity index (χ0n) is 17.5. The third kappa shape index (κ3) is 6.26. The fraction of sp³-hybridized carbons (Fsp3) is 0.333. The number of hydrogen-bond acceptors (Lipinski definition) is 4. The van der Waals surface area contributed by atoms with Gasteiger partial charge < -0.3 is 15.0 Å². The van der Waals surface area contributed by atoms with Crippen molar-refractivity contribution in [2.75, 3.05) is 37.7 Å². The molecule has 1 aromatic heterocycles. The molecule has 1 aliphatic rings. The van der Waals surface area contributed by atoms with Crippen molar-refractivity contribution in [3.05, 3.63) is 71.8 Å². The van der Waals surface area contributed by atoms with Crippen molar-refractivity contribution >= 4 is 11.6 Å². The Labute approximate surface area is 177 Å². The molecule has 0 unspecified atom stereocenters. The van der Waals surface area contributed by atoms with Crippen LogP contribution in [0.5, 0.6) is 0 Å². The highest BCUT2D eigenvalue weighted by molar-refractivity contribution is 5.78. The average Bonchev–Trinajstić information content (AvgIpc) is 2.77. The van der Waals surface area contributed by atoms with Gasteiger partial charge in [-0.2, -0.15) is 0 Å². The Kier molecular flexibility index (Phi) is 7.74. The second kappa shape index (κ2) is 10.7. The number of carbonyl (C=O) groups is 1.